The predicted molar refractivity (Wildman–Crippen MR) is 83.1 cm³/mol. The third-order valence-electron chi connectivity index (χ3n) is 4.13. The summed E-state index contributed by atoms with van der Waals surface area (Å²) in [6.45, 7) is 6.37. The average Bonchev–Trinajstić information content (AvgIpc) is 2.47. The Morgan fingerprint density at radius 2 is 2.00 bits per heavy atom. The summed E-state index contributed by atoms with van der Waals surface area (Å²) in [4.78, 5) is 6.96. The SMILES string of the molecule is CC(C)c1ccc(C2(C#N)CCOCC2)c(CN(C)C)n1. The summed E-state index contributed by atoms with van der Waals surface area (Å²) >= 11 is 0. The van der Waals surface area contributed by atoms with E-state index >= 15 is 0 Å². The predicted octanol–water partition coefficient (Wildman–Crippen LogP) is 2.84. The summed E-state index contributed by atoms with van der Waals surface area (Å²) in [6, 6.07) is 6.76. The number of aromatic nitrogens is 1. The van der Waals surface area contributed by atoms with E-state index in [1.165, 1.54) is 0 Å². The van der Waals surface area contributed by atoms with Gasteiger partial charge < -0.3 is 9.64 Å². The monoisotopic (exact) mass is 287 g/mol. The zero-order chi connectivity index (χ0) is 15.5. The highest BCUT2D eigenvalue weighted by Gasteiger charge is 2.37. The van der Waals surface area contributed by atoms with Gasteiger partial charge in [0.2, 0.25) is 0 Å². The molecule has 0 aromatic carbocycles. The molecule has 114 valence electrons. The van der Waals surface area contributed by atoms with Crippen molar-refractivity contribution < 1.29 is 4.74 Å². The van der Waals surface area contributed by atoms with E-state index in [0.717, 1.165) is 36.3 Å². The topological polar surface area (TPSA) is 49.1 Å². The molecular formula is C17H25N3O. The highest BCUT2D eigenvalue weighted by molar-refractivity contribution is 5.38. The lowest BCUT2D eigenvalue weighted by Crippen LogP contribution is -2.34. The molecule has 1 aliphatic rings. The van der Waals surface area contributed by atoms with Crippen LogP contribution in [0.15, 0.2) is 12.1 Å². The first kappa shape index (κ1) is 15.9. The van der Waals surface area contributed by atoms with Gasteiger partial charge in [0.15, 0.2) is 0 Å². The standard InChI is InChI=1S/C17H25N3O/c1-13(2)15-6-5-14(16(19-15)11-20(3)4)17(12-18)7-9-21-10-8-17/h5-6,13H,7-11H2,1-4H3. The molecule has 1 aliphatic heterocycles. The number of nitrogens with zero attached hydrogens (tertiary/aromatic N) is 3. The van der Waals surface area contributed by atoms with Gasteiger partial charge in [0.1, 0.15) is 0 Å². The Bertz CT molecular complexity index is 525. The van der Waals surface area contributed by atoms with Crippen LogP contribution in [0.1, 0.15) is 49.6 Å². The lowest BCUT2D eigenvalue weighted by Gasteiger charge is -2.33. The lowest BCUT2D eigenvalue weighted by molar-refractivity contribution is 0.0670. The van der Waals surface area contributed by atoms with Crippen molar-refractivity contribution in [3.8, 4) is 6.07 Å². The Labute approximate surface area is 127 Å². The molecule has 4 heteroatoms. The van der Waals surface area contributed by atoms with Crippen LogP contribution in [-0.2, 0) is 16.7 Å². The third kappa shape index (κ3) is 3.42. The third-order valence-corrected chi connectivity index (χ3v) is 4.13. The van der Waals surface area contributed by atoms with Crippen LogP contribution in [0.2, 0.25) is 0 Å². The minimum absolute atomic E-state index is 0.396. The van der Waals surface area contributed by atoms with Crippen molar-refractivity contribution in [2.45, 2.75) is 44.6 Å². The number of pyridine rings is 1. The molecule has 1 fully saturated rings. The molecule has 0 unspecified atom stereocenters. The maximum absolute atomic E-state index is 9.79. The smallest absolute Gasteiger partial charge is 0.0884 e. The van der Waals surface area contributed by atoms with E-state index in [-0.39, 0.29) is 0 Å². The Hall–Kier alpha value is -1.44. The summed E-state index contributed by atoms with van der Waals surface area (Å²) in [5, 5.41) is 9.79. The van der Waals surface area contributed by atoms with Gasteiger partial charge in [-0.2, -0.15) is 5.26 Å². The van der Waals surface area contributed by atoms with Crippen LogP contribution in [-0.4, -0.2) is 37.2 Å². The van der Waals surface area contributed by atoms with Crippen LogP contribution in [0.25, 0.3) is 0 Å². The first-order chi connectivity index (χ1) is 9.98. The number of hydrogen-bond acceptors (Lipinski definition) is 4. The first-order valence-electron chi connectivity index (χ1n) is 7.62. The van der Waals surface area contributed by atoms with Gasteiger partial charge in [0, 0.05) is 25.5 Å². The van der Waals surface area contributed by atoms with Crippen molar-refractivity contribution >= 4 is 0 Å². The Balaban J connectivity index is 2.48. The van der Waals surface area contributed by atoms with Crippen LogP contribution >= 0.6 is 0 Å². The zero-order valence-electron chi connectivity index (χ0n) is 13.5. The maximum Gasteiger partial charge on any atom is 0.0884 e. The van der Waals surface area contributed by atoms with E-state index in [9.17, 15) is 5.26 Å². The normalized spacial score (nSPS) is 18.0. The number of hydrogen-bond donors (Lipinski definition) is 0. The van der Waals surface area contributed by atoms with Crippen LogP contribution in [0, 0.1) is 11.3 Å². The molecule has 0 radical (unpaired) electrons. The molecule has 21 heavy (non-hydrogen) atoms. The van der Waals surface area contributed by atoms with Gasteiger partial charge in [-0.15, -0.1) is 0 Å². The summed E-state index contributed by atoms with van der Waals surface area (Å²) < 4.78 is 5.45. The molecule has 2 rings (SSSR count). The number of ether oxygens (including phenoxy) is 1. The fraction of sp³-hybridized carbons (Fsp3) is 0.647. The molecule has 0 N–H and O–H groups in total. The zero-order valence-corrected chi connectivity index (χ0v) is 13.5. The average molecular weight is 287 g/mol. The van der Waals surface area contributed by atoms with Crippen LogP contribution < -0.4 is 0 Å². The molecule has 0 bridgehead atoms. The van der Waals surface area contributed by atoms with E-state index in [0.29, 0.717) is 19.1 Å². The second-order valence-electron chi connectivity index (χ2n) is 6.43. The molecule has 4 nitrogen and oxygen atoms in total. The van der Waals surface area contributed by atoms with Crippen LogP contribution in [0.5, 0.6) is 0 Å². The summed E-state index contributed by atoms with van der Waals surface area (Å²) in [5.74, 6) is 0.396. The Morgan fingerprint density at radius 1 is 1.33 bits per heavy atom. The van der Waals surface area contributed by atoms with Crippen molar-refractivity contribution in [2.24, 2.45) is 0 Å². The van der Waals surface area contributed by atoms with Crippen molar-refractivity contribution in [1.82, 2.24) is 9.88 Å². The van der Waals surface area contributed by atoms with Crippen LogP contribution in [0.4, 0.5) is 0 Å². The summed E-state index contributed by atoms with van der Waals surface area (Å²) in [5.41, 5.74) is 2.78. The van der Waals surface area contributed by atoms with Gasteiger partial charge in [-0.25, -0.2) is 0 Å². The van der Waals surface area contributed by atoms with Crippen molar-refractivity contribution in [1.29, 1.82) is 5.26 Å². The van der Waals surface area contributed by atoms with E-state index in [2.05, 4.69) is 36.9 Å². The quantitative estimate of drug-likeness (QED) is 0.854. The first-order valence-corrected chi connectivity index (χ1v) is 7.62. The van der Waals surface area contributed by atoms with Gasteiger partial charge in [-0.3, -0.25) is 4.98 Å². The van der Waals surface area contributed by atoms with E-state index in [1.807, 2.05) is 14.1 Å². The molecule has 1 saturated heterocycles. The summed E-state index contributed by atoms with van der Waals surface area (Å²) in [7, 11) is 4.08. The number of nitriles is 1. The van der Waals surface area contributed by atoms with E-state index < -0.39 is 5.41 Å². The van der Waals surface area contributed by atoms with Gasteiger partial charge in [-0.1, -0.05) is 19.9 Å². The van der Waals surface area contributed by atoms with Crippen molar-refractivity contribution in [3.63, 3.8) is 0 Å². The minimum Gasteiger partial charge on any atom is -0.381 e. The molecule has 1 aromatic heterocycles. The second-order valence-corrected chi connectivity index (χ2v) is 6.43. The Kier molecular flexibility index (Phi) is 4.97. The fourth-order valence-corrected chi connectivity index (χ4v) is 2.86. The van der Waals surface area contributed by atoms with Crippen molar-refractivity contribution in [3.05, 3.63) is 29.1 Å². The fourth-order valence-electron chi connectivity index (χ4n) is 2.86. The molecule has 0 amide bonds. The molecular weight excluding hydrogens is 262 g/mol. The molecule has 0 spiro atoms. The highest BCUT2D eigenvalue weighted by atomic mass is 16.5. The van der Waals surface area contributed by atoms with Gasteiger partial charge in [-0.05, 0) is 44.5 Å². The van der Waals surface area contributed by atoms with Gasteiger partial charge in [0.05, 0.1) is 17.2 Å². The maximum atomic E-state index is 9.79. The molecule has 2 heterocycles. The largest absolute Gasteiger partial charge is 0.381 e. The van der Waals surface area contributed by atoms with Gasteiger partial charge in [0.25, 0.3) is 0 Å². The number of rotatable bonds is 4. The molecule has 0 atom stereocenters. The lowest BCUT2D eigenvalue weighted by atomic mass is 9.74. The van der Waals surface area contributed by atoms with Gasteiger partial charge >= 0.3 is 0 Å². The van der Waals surface area contributed by atoms with Crippen LogP contribution in [0.3, 0.4) is 0 Å². The van der Waals surface area contributed by atoms with E-state index in [1.54, 1.807) is 0 Å². The molecule has 0 aliphatic carbocycles. The Morgan fingerprint density at radius 3 is 2.52 bits per heavy atom. The van der Waals surface area contributed by atoms with Crippen molar-refractivity contribution in [2.75, 3.05) is 27.3 Å². The second kappa shape index (κ2) is 6.55. The molecule has 0 saturated carbocycles. The summed E-state index contributed by atoms with van der Waals surface area (Å²) in [6.07, 6.45) is 1.51. The van der Waals surface area contributed by atoms with E-state index in [4.69, 9.17) is 9.72 Å². The highest BCUT2D eigenvalue weighted by Crippen LogP contribution is 2.36. The molecule has 1 aromatic rings. The minimum atomic E-state index is -0.438.